The highest BCUT2D eigenvalue weighted by Crippen LogP contribution is 2.54. The first-order valence-corrected chi connectivity index (χ1v) is 8.86. The van der Waals surface area contributed by atoms with Crippen LogP contribution in [0.1, 0.15) is 19.3 Å². The molecule has 78 valence electrons. The van der Waals surface area contributed by atoms with Gasteiger partial charge in [-0.25, -0.2) is 5.09 Å². The molecule has 0 aromatic heterocycles. The van der Waals surface area contributed by atoms with E-state index in [4.69, 9.17) is 21.1 Å². The zero-order valence-electron chi connectivity index (χ0n) is 7.99. The Kier molecular flexibility index (Phi) is 5.23. The average Bonchev–Trinajstić information content (AvgIpc) is 2.19. The summed E-state index contributed by atoms with van der Waals surface area (Å²) in [6, 6.07) is 0. The molecule has 0 bridgehead atoms. The zero-order valence-corrected chi connectivity index (χ0v) is 10.5. The van der Waals surface area contributed by atoms with Crippen LogP contribution in [0.15, 0.2) is 0 Å². The van der Waals surface area contributed by atoms with Gasteiger partial charge in [-0.3, -0.25) is 0 Å². The third kappa shape index (κ3) is 3.86. The number of nitrogens with one attached hydrogen (secondary N) is 1. The first-order chi connectivity index (χ1) is 6.20. The minimum atomic E-state index is -1.87. The molecule has 2 unspecified atom stereocenters. The third-order valence-electron chi connectivity index (χ3n) is 1.96. The highest BCUT2D eigenvalue weighted by atomic mass is 32.9. The molecule has 13 heavy (non-hydrogen) atoms. The van der Waals surface area contributed by atoms with Gasteiger partial charge in [0.2, 0.25) is 0 Å². The summed E-state index contributed by atoms with van der Waals surface area (Å²) in [4.78, 5) is 0. The Labute approximate surface area is 88.8 Å². The Hall–Kier alpha value is 0.880. The number of hydrogen-bond donors (Lipinski definition) is 1. The Bertz CT molecular complexity index is 189. The first-order valence-electron chi connectivity index (χ1n) is 4.31. The van der Waals surface area contributed by atoms with Gasteiger partial charge < -0.3 is 9.26 Å². The van der Waals surface area contributed by atoms with E-state index in [-0.39, 0.29) is 6.23 Å². The van der Waals surface area contributed by atoms with Crippen molar-refractivity contribution in [1.82, 2.24) is 5.09 Å². The maximum atomic E-state index is 5.53. The summed E-state index contributed by atoms with van der Waals surface area (Å²) in [5.74, 6) is 0. The van der Waals surface area contributed by atoms with E-state index in [1.807, 2.05) is 6.26 Å². The molecule has 1 N–H and O–H groups in total. The van der Waals surface area contributed by atoms with E-state index in [2.05, 4.69) is 5.09 Å². The van der Waals surface area contributed by atoms with Gasteiger partial charge >= 0.3 is 0 Å². The van der Waals surface area contributed by atoms with E-state index < -0.39 is 5.62 Å². The van der Waals surface area contributed by atoms with Crippen molar-refractivity contribution >= 4 is 28.8 Å². The van der Waals surface area contributed by atoms with Crippen molar-refractivity contribution in [1.29, 1.82) is 0 Å². The molecule has 3 nitrogen and oxygen atoms in total. The van der Waals surface area contributed by atoms with Crippen molar-refractivity contribution in [3.63, 3.8) is 0 Å². The number of ether oxygens (including phenoxy) is 1. The summed E-state index contributed by atoms with van der Waals surface area (Å²) in [6.07, 6.45) is 5.49. The fourth-order valence-electron chi connectivity index (χ4n) is 1.20. The topological polar surface area (TPSA) is 30.5 Å². The molecule has 1 rings (SSSR count). The lowest BCUT2D eigenvalue weighted by Crippen LogP contribution is -2.32. The third-order valence-corrected chi connectivity index (χ3v) is 7.84. The van der Waals surface area contributed by atoms with Crippen molar-refractivity contribution in [3.8, 4) is 0 Å². The minimum absolute atomic E-state index is 0.104. The van der Waals surface area contributed by atoms with Crippen LogP contribution in [-0.2, 0) is 21.1 Å². The van der Waals surface area contributed by atoms with Crippen LogP contribution in [0.4, 0.5) is 0 Å². The average molecular weight is 241 g/mol. The van der Waals surface area contributed by atoms with E-state index in [0.717, 1.165) is 19.4 Å². The summed E-state index contributed by atoms with van der Waals surface area (Å²) in [7, 11) is 1.66. The SMILES string of the molecule is COP(=S)(NC1CCCCO1)SC. The van der Waals surface area contributed by atoms with Gasteiger partial charge in [-0.15, -0.1) is 0 Å². The molecule has 1 saturated heterocycles. The van der Waals surface area contributed by atoms with Crippen LogP contribution in [0.5, 0.6) is 0 Å². The number of rotatable bonds is 4. The number of hydrogen-bond acceptors (Lipinski definition) is 4. The Morgan fingerprint density at radius 2 is 2.38 bits per heavy atom. The first kappa shape index (κ1) is 12.0. The molecule has 1 aliphatic rings. The molecule has 1 fully saturated rings. The highest BCUT2D eigenvalue weighted by Gasteiger charge is 2.22. The monoisotopic (exact) mass is 241 g/mol. The molecule has 6 heteroatoms. The van der Waals surface area contributed by atoms with Gasteiger partial charge in [0.25, 0.3) is 0 Å². The largest absolute Gasteiger partial charge is 0.363 e. The molecule has 1 aliphatic heterocycles. The molecule has 0 spiro atoms. The fourth-order valence-corrected chi connectivity index (χ4v) is 3.58. The second-order valence-corrected chi connectivity index (χ2v) is 9.70. The molecular formula is C7H16NO2PS2. The van der Waals surface area contributed by atoms with Crippen LogP contribution >= 0.6 is 17.0 Å². The summed E-state index contributed by atoms with van der Waals surface area (Å²) in [6.45, 7) is 0.838. The smallest absolute Gasteiger partial charge is 0.187 e. The molecular weight excluding hydrogens is 225 g/mol. The molecule has 0 saturated carbocycles. The van der Waals surface area contributed by atoms with E-state index in [1.54, 1.807) is 18.5 Å². The quantitative estimate of drug-likeness (QED) is 0.763. The predicted molar refractivity (Wildman–Crippen MR) is 61.5 cm³/mol. The predicted octanol–water partition coefficient (Wildman–Crippen LogP) is 2.34. The van der Waals surface area contributed by atoms with Crippen LogP contribution in [0.2, 0.25) is 0 Å². The van der Waals surface area contributed by atoms with Crippen molar-refractivity contribution in [2.24, 2.45) is 0 Å². The fraction of sp³-hybridized carbons (Fsp3) is 1.00. The van der Waals surface area contributed by atoms with E-state index in [9.17, 15) is 0 Å². The van der Waals surface area contributed by atoms with E-state index in [1.165, 1.54) is 6.42 Å². The summed E-state index contributed by atoms with van der Waals surface area (Å²) < 4.78 is 10.8. The van der Waals surface area contributed by atoms with Crippen molar-refractivity contribution < 1.29 is 9.26 Å². The Morgan fingerprint density at radius 3 is 2.85 bits per heavy atom. The lowest BCUT2D eigenvalue weighted by atomic mass is 10.2. The van der Waals surface area contributed by atoms with Gasteiger partial charge in [0.1, 0.15) is 6.23 Å². The molecule has 0 amide bonds. The second kappa shape index (κ2) is 5.69. The Balaban J connectivity index is 2.40. The summed E-state index contributed by atoms with van der Waals surface area (Å²) in [5.41, 5.74) is -1.87. The molecule has 1 heterocycles. The van der Waals surface area contributed by atoms with E-state index in [0.29, 0.717) is 0 Å². The minimum Gasteiger partial charge on any atom is -0.363 e. The van der Waals surface area contributed by atoms with E-state index >= 15 is 0 Å². The van der Waals surface area contributed by atoms with Crippen molar-refractivity contribution in [2.75, 3.05) is 20.0 Å². The summed E-state index contributed by atoms with van der Waals surface area (Å²) in [5, 5.41) is 3.28. The van der Waals surface area contributed by atoms with Gasteiger partial charge in [-0.2, -0.15) is 0 Å². The zero-order chi connectivity index (χ0) is 9.73. The molecule has 0 aromatic carbocycles. The van der Waals surface area contributed by atoms with Crippen LogP contribution in [0.25, 0.3) is 0 Å². The normalized spacial score (nSPS) is 28.3. The van der Waals surface area contributed by atoms with Gasteiger partial charge in [-0.05, 0) is 37.3 Å². The van der Waals surface area contributed by atoms with Gasteiger partial charge in [0, 0.05) is 13.7 Å². The molecule has 0 aromatic rings. The van der Waals surface area contributed by atoms with Gasteiger partial charge in [0.15, 0.2) is 5.62 Å². The van der Waals surface area contributed by atoms with Crippen molar-refractivity contribution in [2.45, 2.75) is 25.5 Å². The molecule has 0 radical (unpaired) electrons. The lowest BCUT2D eigenvalue weighted by molar-refractivity contribution is 0.00902. The lowest BCUT2D eigenvalue weighted by Gasteiger charge is -2.28. The maximum Gasteiger partial charge on any atom is 0.187 e. The van der Waals surface area contributed by atoms with Crippen molar-refractivity contribution in [3.05, 3.63) is 0 Å². The van der Waals surface area contributed by atoms with Gasteiger partial charge in [-0.1, -0.05) is 11.4 Å². The van der Waals surface area contributed by atoms with Crippen LogP contribution in [0.3, 0.4) is 0 Å². The standard InChI is InChI=1S/C7H16NO2PS2/c1-9-11(12,13-2)8-7-5-3-4-6-10-7/h7H,3-6H2,1-2H3,(H,8,12). The van der Waals surface area contributed by atoms with Crippen LogP contribution in [0, 0.1) is 0 Å². The summed E-state index contributed by atoms with van der Waals surface area (Å²) >= 11 is 6.92. The van der Waals surface area contributed by atoms with Crippen LogP contribution in [-0.4, -0.2) is 26.2 Å². The molecule has 0 aliphatic carbocycles. The highest BCUT2D eigenvalue weighted by molar-refractivity contribution is 8.68. The molecule has 2 atom stereocenters. The van der Waals surface area contributed by atoms with Gasteiger partial charge in [0.05, 0.1) is 0 Å². The second-order valence-electron chi connectivity index (χ2n) is 2.85. The van der Waals surface area contributed by atoms with Crippen LogP contribution < -0.4 is 5.09 Å². The maximum absolute atomic E-state index is 5.53. The Morgan fingerprint density at radius 1 is 1.62 bits per heavy atom.